The van der Waals surface area contributed by atoms with Gasteiger partial charge in [-0.3, -0.25) is 0 Å². The summed E-state index contributed by atoms with van der Waals surface area (Å²) in [5.74, 6) is 0. The van der Waals surface area contributed by atoms with Crippen LogP contribution in [-0.4, -0.2) is 43.1 Å². The molecule has 458 valence electrons. The third kappa shape index (κ3) is 30.7. The van der Waals surface area contributed by atoms with Gasteiger partial charge in [0.15, 0.2) is 0 Å². The van der Waals surface area contributed by atoms with Gasteiger partial charge < -0.3 is 29.4 Å². The van der Waals surface area contributed by atoms with Gasteiger partial charge >= 0.3 is 223 Å². The number of alkyl halides is 3. The van der Waals surface area contributed by atoms with E-state index < -0.39 is 33.5 Å². The van der Waals surface area contributed by atoms with Crippen molar-refractivity contribution in [1.82, 2.24) is 0 Å². The number of hydrogen-bond donors (Lipinski definition) is 0. The average Bonchev–Trinajstić information content (AvgIpc) is 3.55. The van der Waals surface area contributed by atoms with Crippen molar-refractivity contribution < 1.29 is 42.6 Å². The van der Waals surface area contributed by atoms with Crippen molar-refractivity contribution in [1.29, 1.82) is 0 Å². The molecular weight excluding hydrogens is 1140 g/mol. The summed E-state index contributed by atoms with van der Waals surface area (Å²) in [6.07, 6.45) is 43.0. The topological polar surface area (TPSA) is 0 Å². The Kier molecular flexibility index (Phi) is 44.8. The number of unbranched alkanes of at least 4 members (excludes halogenated alkanes) is 19. The predicted octanol–water partition coefficient (Wildman–Crippen LogP) is 17.4. The van der Waals surface area contributed by atoms with Gasteiger partial charge in [0.1, 0.15) is 23.2 Å². The summed E-state index contributed by atoms with van der Waals surface area (Å²) in [7, 11) is -4.03. The van der Waals surface area contributed by atoms with E-state index in [4.69, 9.17) is 0 Å². The molecule has 8 heteroatoms. The van der Waals surface area contributed by atoms with Gasteiger partial charge in [0.2, 0.25) is 0 Å². The van der Waals surface area contributed by atoms with Gasteiger partial charge in [-0.2, -0.15) is 0 Å². The first-order valence-corrected chi connectivity index (χ1v) is 39.9. The van der Waals surface area contributed by atoms with E-state index in [1.54, 1.807) is 30.7 Å². The van der Waals surface area contributed by atoms with E-state index in [9.17, 15) is 13.2 Å². The van der Waals surface area contributed by atoms with Crippen molar-refractivity contribution in [2.24, 2.45) is 0 Å². The van der Waals surface area contributed by atoms with Gasteiger partial charge in [0, 0.05) is 7.26 Å². The summed E-state index contributed by atoms with van der Waals surface area (Å²) in [6.45, 7) is 16.2. The fraction of sp³-hybridized carbons (Fsp3) is 0.589. The molecule has 0 saturated heterocycles. The quantitative estimate of drug-likeness (QED) is 0.0271. The maximum Gasteiger partial charge on any atom is 0.116 e. The Balaban J connectivity index is 0.000000639. The van der Waals surface area contributed by atoms with E-state index >= 15 is 0 Å². The number of hydrogen-bond acceptors (Lipinski definition) is 0. The molecule has 0 atom stereocenters. The van der Waals surface area contributed by atoms with E-state index in [1.165, 1.54) is 219 Å². The van der Waals surface area contributed by atoms with Crippen LogP contribution in [0.5, 0.6) is 0 Å². The normalized spacial score (nSPS) is 11.8. The Labute approximate surface area is 516 Å². The van der Waals surface area contributed by atoms with Crippen LogP contribution in [0.2, 0.25) is 0 Å². The van der Waals surface area contributed by atoms with Crippen molar-refractivity contribution in [2.45, 2.75) is 234 Å². The predicted molar refractivity (Wildman–Crippen MR) is 360 cm³/mol. The van der Waals surface area contributed by atoms with Gasteiger partial charge in [0.25, 0.3) is 0 Å². The van der Waals surface area contributed by atoms with Crippen LogP contribution in [-0.2, 0) is 18.5 Å². The summed E-state index contributed by atoms with van der Waals surface area (Å²) < 4.78 is 40.4. The molecule has 0 saturated carbocycles. The molecule has 0 spiro atoms. The van der Waals surface area contributed by atoms with Crippen molar-refractivity contribution >= 4 is 37.7 Å². The fourth-order valence-corrected chi connectivity index (χ4v) is 26.9. The molecule has 0 aromatic heterocycles. The van der Waals surface area contributed by atoms with Gasteiger partial charge in [-0.1, -0.05) is 138 Å². The van der Waals surface area contributed by atoms with E-state index in [0.29, 0.717) is 0 Å². The van der Waals surface area contributed by atoms with Crippen molar-refractivity contribution in [3.8, 4) is 0 Å². The Morgan fingerprint density at radius 2 is 0.642 bits per heavy atom. The molecule has 5 aromatic carbocycles. The fourth-order valence-electron chi connectivity index (χ4n) is 12.0. The van der Waals surface area contributed by atoms with E-state index in [2.05, 4.69) is 170 Å². The first-order valence-electron chi connectivity index (χ1n) is 32.6. The maximum atomic E-state index is 13.5. The van der Waals surface area contributed by atoms with Crippen LogP contribution in [0.4, 0.5) is 13.2 Å². The van der Waals surface area contributed by atoms with Gasteiger partial charge in [-0.25, -0.2) is 0 Å². The molecule has 0 heterocycles. The molecule has 5 aromatic rings. The maximum absolute atomic E-state index is 13.5. The average molecular weight is 1260 g/mol. The van der Waals surface area contributed by atoms with E-state index in [1.807, 2.05) is 6.07 Å². The molecule has 0 amide bonds. The molecule has 0 bridgehead atoms. The van der Waals surface area contributed by atoms with Crippen LogP contribution in [0.1, 0.15) is 232 Å². The van der Waals surface area contributed by atoms with Crippen molar-refractivity contribution in [3.05, 3.63) is 162 Å². The number of halogens is 5. The molecule has 0 aliphatic heterocycles. The zero-order valence-electron chi connectivity index (χ0n) is 52.4. The molecule has 81 heavy (non-hydrogen) atoms. The van der Waals surface area contributed by atoms with Crippen LogP contribution in [0.25, 0.3) is 0 Å². The largest absolute Gasteiger partial charge is 1.00 e. The zero-order chi connectivity index (χ0) is 57.2. The minimum atomic E-state index is -4.25. The van der Waals surface area contributed by atoms with Crippen LogP contribution in [0, 0.1) is 0 Å². The molecular formula is C73H116BrClF3P3. The Bertz CT molecular complexity index is 2000. The van der Waals surface area contributed by atoms with Crippen molar-refractivity contribution in [3.63, 3.8) is 0 Å². The minimum absolute atomic E-state index is 0. The zero-order valence-corrected chi connectivity index (χ0v) is 57.5. The Morgan fingerprint density at radius 3 is 0.963 bits per heavy atom. The molecule has 0 N–H and O–H groups in total. The molecule has 0 unspecified atom stereocenters. The smallest absolute Gasteiger partial charge is 0.116 e. The molecule has 0 nitrogen and oxygen atoms in total. The Hall–Kier alpha value is -2.05. The molecule has 0 aliphatic carbocycles. The van der Waals surface area contributed by atoms with Crippen LogP contribution < -0.4 is 45.3 Å². The summed E-state index contributed by atoms with van der Waals surface area (Å²) in [5.41, 5.74) is 1.86. The second kappa shape index (κ2) is 47.1. The summed E-state index contributed by atoms with van der Waals surface area (Å²) in [5, 5.41) is 4.30. The third-order valence-corrected chi connectivity index (χ3v) is 31.7. The Morgan fingerprint density at radius 1 is 0.346 bits per heavy atom. The standard InChI is InChI=1S/C32H58F3P.C25H22P.C16H36P.BrH.ClH/c1-4-7-10-13-16-19-25-36(26-20-17-14-11-8-5-2,27-21-18-15-12-9-6-3)29-30-23-22-24-31(28-30)32(33,34)35;1-5-13-22(14-6-1)21-26(23-15-7-2-8-16-23,24-17-9-3-10-18-24)25-19-11-4-12-20-25;1-5-9-13-17(14-10-6-2,15-11-7-3)16-12-8-4;;/h22-24,28,36H,4-21,25-27,29H2,1-3H3;1-20H,21H2;5-16H2,1-4H3;2*1H/q;2*+1;;/p-2. The van der Waals surface area contributed by atoms with Crippen molar-refractivity contribution in [2.75, 3.05) is 43.1 Å². The molecule has 0 fully saturated rings. The number of benzene rings is 5. The van der Waals surface area contributed by atoms with E-state index in [0.717, 1.165) is 17.9 Å². The minimum Gasteiger partial charge on any atom is -1.00 e. The SMILES string of the molecule is CCCCCCCC[PH](CCCCCCCC)(CCCCCCCC)Cc1cccc(C(F)(F)F)c1.CCCC[P+](CCCC)(CCCC)CCCC.[Br-].[Cl-].c1ccc(C[P+](c2ccccc2)(c2ccccc2)c2ccccc2)cc1. The van der Waals surface area contributed by atoms with Gasteiger partial charge in [-0.05, 0) is 67.6 Å². The molecule has 0 aliphatic rings. The first-order chi connectivity index (χ1) is 38.5. The second-order valence-corrected chi connectivity index (χ2v) is 36.3. The van der Waals surface area contributed by atoms with E-state index in [-0.39, 0.29) is 29.4 Å². The summed E-state index contributed by atoms with van der Waals surface area (Å²) >= 11 is 0. The van der Waals surface area contributed by atoms with Crippen LogP contribution in [0.15, 0.2) is 146 Å². The number of rotatable bonds is 40. The first kappa shape index (κ1) is 77.0. The van der Waals surface area contributed by atoms with Crippen LogP contribution >= 0.6 is 21.8 Å². The molecule has 5 rings (SSSR count). The third-order valence-electron chi connectivity index (χ3n) is 16.8. The second-order valence-electron chi connectivity index (χ2n) is 23.5. The van der Waals surface area contributed by atoms with Crippen LogP contribution in [0.3, 0.4) is 0 Å². The monoisotopic (exact) mass is 1260 g/mol. The summed E-state index contributed by atoms with van der Waals surface area (Å²) in [6, 6.07) is 50.3. The summed E-state index contributed by atoms with van der Waals surface area (Å²) in [4.78, 5) is 0. The molecule has 0 radical (unpaired) electrons. The van der Waals surface area contributed by atoms with Gasteiger partial charge in [-0.15, -0.1) is 0 Å². The van der Waals surface area contributed by atoms with Gasteiger partial charge in [0.05, 0.1) is 30.8 Å².